The number of ether oxygens (including phenoxy) is 2. The first-order chi connectivity index (χ1) is 17.5. The summed E-state index contributed by atoms with van der Waals surface area (Å²) in [5.41, 5.74) is 7.62. The van der Waals surface area contributed by atoms with E-state index in [0.29, 0.717) is 0 Å². The Morgan fingerprint density at radius 2 is 0.923 bits per heavy atom. The molecule has 2 heterocycles. The monoisotopic (exact) mass is 582 g/mol. The molecule has 39 heavy (non-hydrogen) atoms. The van der Waals surface area contributed by atoms with Crippen molar-refractivity contribution < 1.29 is 40.6 Å². The van der Waals surface area contributed by atoms with E-state index in [9.17, 15) is 0 Å². The molecule has 7 heteroatoms. The summed E-state index contributed by atoms with van der Waals surface area (Å²) >= 11 is 0. The topological polar surface area (TPSA) is 46.7 Å². The third kappa shape index (κ3) is 20.1. The fourth-order valence-electron chi connectivity index (χ4n) is 3.55. The van der Waals surface area contributed by atoms with Crippen molar-refractivity contribution in [1.82, 2.24) is 0 Å². The maximum absolute atomic E-state index is 4.94. The van der Waals surface area contributed by atoms with Crippen molar-refractivity contribution in [3.63, 3.8) is 0 Å². The van der Waals surface area contributed by atoms with Crippen molar-refractivity contribution in [1.29, 1.82) is 0 Å². The minimum Gasteiger partial charge on any atom is -1.00 e. The maximum atomic E-state index is 4.94. The van der Waals surface area contributed by atoms with Crippen molar-refractivity contribution in [2.75, 3.05) is 39.5 Å². The van der Waals surface area contributed by atoms with Gasteiger partial charge in [0, 0.05) is 26.4 Å². The maximum Gasteiger partial charge on any atom is 4.00 e. The molecule has 2 aliphatic rings. The minimum atomic E-state index is 0. The molecule has 0 aromatic heterocycles. The average molecular weight is 583 g/mol. The van der Waals surface area contributed by atoms with E-state index < -0.39 is 0 Å². The summed E-state index contributed by atoms with van der Waals surface area (Å²) in [6.45, 7) is 18.8. The van der Waals surface area contributed by atoms with Crippen LogP contribution >= 0.6 is 0 Å². The van der Waals surface area contributed by atoms with E-state index in [4.69, 9.17) is 9.47 Å². The Morgan fingerprint density at radius 3 is 1.18 bits per heavy atom. The molecule has 220 valence electrons. The van der Waals surface area contributed by atoms with Gasteiger partial charge in [0.15, 0.2) is 0 Å². The van der Waals surface area contributed by atoms with Gasteiger partial charge in [0.25, 0.3) is 0 Å². The molecule has 2 fully saturated rings. The van der Waals surface area contributed by atoms with Crippen LogP contribution in [0.3, 0.4) is 0 Å². The number of unbranched alkanes of at least 4 members (excludes halogenated alkanes) is 2. The zero-order valence-corrected chi connectivity index (χ0v) is 26.9. The van der Waals surface area contributed by atoms with Crippen LogP contribution in [0.2, 0.25) is 0 Å². The number of hydrogen-bond acceptors (Lipinski definition) is 2. The van der Waals surface area contributed by atoms with Crippen LogP contribution in [-0.4, -0.2) is 39.5 Å². The first-order valence-corrected chi connectivity index (χ1v) is 14.1. The zero-order chi connectivity index (χ0) is 26.4. The molecule has 0 atom stereocenters. The standard InChI is InChI=1S/2C12H18N.2C4H8O.2FH.Ti/c2*1-4-5-9-13-12-8-6-7-10(2)11(12)3;2*1-2-4-5-3-1;;;/h2*6-8H,4-5,9H2,1-3H3;2*1-4H2;2*1H;/q2*-1;;;;;+4/p-2. The van der Waals surface area contributed by atoms with Gasteiger partial charge in [-0.05, 0) is 64.5 Å². The second-order valence-electron chi connectivity index (χ2n) is 9.55. The van der Waals surface area contributed by atoms with Crippen molar-refractivity contribution >= 4 is 11.4 Å². The predicted molar refractivity (Wildman–Crippen MR) is 158 cm³/mol. The second-order valence-corrected chi connectivity index (χ2v) is 9.55. The number of nitrogens with zero attached hydrogens (tertiary/aromatic N) is 2. The molecule has 0 unspecified atom stereocenters. The van der Waals surface area contributed by atoms with Crippen LogP contribution in [0.1, 0.15) is 87.5 Å². The van der Waals surface area contributed by atoms with Gasteiger partial charge in [-0.15, -0.1) is 24.5 Å². The summed E-state index contributed by atoms with van der Waals surface area (Å²) in [5, 5.41) is 9.11. The van der Waals surface area contributed by atoms with E-state index in [1.807, 2.05) is 0 Å². The van der Waals surface area contributed by atoms with E-state index >= 15 is 0 Å². The third-order valence-corrected chi connectivity index (χ3v) is 6.39. The first kappa shape index (κ1) is 42.0. The van der Waals surface area contributed by atoms with Gasteiger partial charge in [0.2, 0.25) is 0 Å². The SMILES string of the molecule is C1CCOC1.C1CCOC1.CCCC[N-]c1cccc(C)c1C.CCCC[N-]c1cccc(C)c1C.[F-].[F-].[Ti+4]. The molecule has 4 nitrogen and oxygen atoms in total. The van der Waals surface area contributed by atoms with Gasteiger partial charge in [-0.25, -0.2) is 0 Å². The van der Waals surface area contributed by atoms with Crippen molar-refractivity contribution in [2.24, 2.45) is 0 Å². The first-order valence-electron chi connectivity index (χ1n) is 14.1. The van der Waals surface area contributed by atoms with E-state index in [2.05, 4.69) is 88.6 Å². The minimum absolute atomic E-state index is 0. The van der Waals surface area contributed by atoms with Gasteiger partial charge in [-0.2, -0.15) is 0 Å². The van der Waals surface area contributed by atoms with Gasteiger partial charge < -0.3 is 29.5 Å². The molecule has 0 radical (unpaired) electrons. The van der Waals surface area contributed by atoms with E-state index in [0.717, 1.165) is 50.9 Å². The molecule has 0 bridgehead atoms. The van der Waals surface area contributed by atoms with E-state index in [1.165, 1.54) is 73.6 Å². The smallest absolute Gasteiger partial charge is 1.00 e. The predicted octanol–water partition coefficient (Wildman–Crippen LogP) is 3.82. The molecule has 2 aliphatic heterocycles. The molecule has 0 spiro atoms. The van der Waals surface area contributed by atoms with Gasteiger partial charge in [0.05, 0.1) is 0 Å². The summed E-state index contributed by atoms with van der Waals surface area (Å²) in [6, 6.07) is 12.6. The average Bonchev–Trinajstić information content (AvgIpc) is 3.65. The molecule has 0 aliphatic carbocycles. The fraction of sp³-hybridized carbons (Fsp3) is 0.625. The Hall–Kier alpha value is -1.47. The van der Waals surface area contributed by atoms with Crippen molar-refractivity contribution in [2.45, 2.75) is 92.9 Å². The Labute approximate surface area is 253 Å². The molecular formula is C32H52F2N2O2Ti. The van der Waals surface area contributed by atoms with Crippen LogP contribution in [0.5, 0.6) is 0 Å². The number of halogens is 2. The normalized spacial score (nSPS) is 12.9. The second kappa shape index (κ2) is 28.1. The molecule has 4 rings (SSSR count). The summed E-state index contributed by atoms with van der Waals surface area (Å²) in [7, 11) is 0. The number of rotatable bonds is 8. The Morgan fingerprint density at radius 1 is 0.590 bits per heavy atom. The van der Waals surface area contributed by atoms with Crippen LogP contribution in [0.25, 0.3) is 10.6 Å². The van der Waals surface area contributed by atoms with Crippen LogP contribution < -0.4 is 9.41 Å². The van der Waals surface area contributed by atoms with Gasteiger partial charge in [-0.3, -0.25) is 0 Å². The molecule has 2 aromatic rings. The van der Waals surface area contributed by atoms with E-state index in [-0.39, 0.29) is 31.1 Å². The Kier molecular flexibility index (Phi) is 30.2. The van der Waals surface area contributed by atoms with Gasteiger partial charge in [0.1, 0.15) is 0 Å². The number of benzene rings is 2. The zero-order valence-electron chi connectivity index (χ0n) is 25.3. The summed E-state index contributed by atoms with van der Waals surface area (Å²) in [4.78, 5) is 0. The summed E-state index contributed by atoms with van der Waals surface area (Å²) in [6.07, 6.45) is 9.92. The molecular weight excluding hydrogens is 530 g/mol. The largest absolute Gasteiger partial charge is 4.00 e. The molecule has 2 saturated heterocycles. The molecule has 2 aromatic carbocycles. The molecule has 0 saturated carbocycles. The third-order valence-electron chi connectivity index (χ3n) is 6.39. The van der Waals surface area contributed by atoms with Crippen LogP contribution in [0.4, 0.5) is 11.4 Å². The number of hydrogen-bond donors (Lipinski definition) is 0. The quantitative estimate of drug-likeness (QED) is 0.351. The number of aryl methyl sites for hydroxylation is 2. The van der Waals surface area contributed by atoms with Crippen LogP contribution in [-0.2, 0) is 31.2 Å². The van der Waals surface area contributed by atoms with Crippen LogP contribution in [0.15, 0.2) is 36.4 Å². The fourth-order valence-corrected chi connectivity index (χ4v) is 3.55. The van der Waals surface area contributed by atoms with Gasteiger partial charge in [-0.1, -0.05) is 87.1 Å². The van der Waals surface area contributed by atoms with Gasteiger partial charge >= 0.3 is 21.7 Å². The Balaban J connectivity index is -0.000000466. The summed E-state index contributed by atoms with van der Waals surface area (Å²) in [5.74, 6) is 0. The van der Waals surface area contributed by atoms with E-state index in [1.54, 1.807) is 0 Å². The summed E-state index contributed by atoms with van der Waals surface area (Å²) < 4.78 is 9.89. The molecule has 0 N–H and O–H groups in total. The molecule has 0 amide bonds. The van der Waals surface area contributed by atoms with Crippen molar-refractivity contribution in [3.05, 3.63) is 69.3 Å². The van der Waals surface area contributed by atoms with Crippen molar-refractivity contribution in [3.8, 4) is 0 Å². The van der Waals surface area contributed by atoms with Crippen LogP contribution in [0, 0.1) is 27.7 Å². The Bertz CT molecular complexity index is 734.